The maximum Gasteiger partial charge on any atom is 0.338 e. The van der Waals surface area contributed by atoms with Gasteiger partial charge in [0.2, 0.25) is 0 Å². The molecular formula is C25H34N2O3. The number of ketones is 1. The van der Waals surface area contributed by atoms with Crippen LogP contribution in [0.25, 0.3) is 0 Å². The second kappa shape index (κ2) is 7.99. The van der Waals surface area contributed by atoms with Crippen LogP contribution in [-0.2, 0) is 9.53 Å². The Hall–Kier alpha value is -1.88. The van der Waals surface area contributed by atoms with Crippen molar-refractivity contribution in [3.8, 4) is 0 Å². The van der Waals surface area contributed by atoms with Crippen molar-refractivity contribution in [3.05, 3.63) is 29.8 Å². The first-order valence-corrected chi connectivity index (χ1v) is 11.8. The number of carbonyl (C=O) groups excluding carboxylic acids is 2. The first-order valence-electron chi connectivity index (χ1n) is 11.8. The molecule has 6 rings (SSSR count). The second-order valence-corrected chi connectivity index (χ2v) is 10.2. The predicted molar refractivity (Wildman–Crippen MR) is 117 cm³/mol. The summed E-state index contributed by atoms with van der Waals surface area (Å²) in [6, 6.07) is 7.69. The smallest absolute Gasteiger partial charge is 0.338 e. The molecule has 5 nitrogen and oxygen atoms in total. The third-order valence-corrected chi connectivity index (χ3v) is 8.11. The van der Waals surface area contributed by atoms with Crippen molar-refractivity contribution in [1.82, 2.24) is 4.90 Å². The number of nitrogens with zero attached hydrogens (tertiary/aromatic N) is 2. The molecule has 0 atom stereocenters. The van der Waals surface area contributed by atoms with Crippen LogP contribution in [0, 0.1) is 23.2 Å². The molecule has 4 saturated carbocycles. The van der Waals surface area contributed by atoms with Gasteiger partial charge in [0, 0.05) is 37.3 Å². The predicted octanol–water partition coefficient (Wildman–Crippen LogP) is 3.77. The van der Waals surface area contributed by atoms with Gasteiger partial charge in [-0.3, -0.25) is 9.69 Å². The van der Waals surface area contributed by atoms with Crippen molar-refractivity contribution < 1.29 is 14.3 Å². The van der Waals surface area contributed by atoms with E-state index in [1.807, 2.05) is 31.2 Å². The highest BCUT2D eigenvalue weighted by Gasteiger charge is 2.54. The summed E-state index contributed by atoms with van der Waals surface area (Å²) in [6.07, 6.45) is 7.68. The summed E-state index contributed by atoms with van der Waals surface area (Å²) >= 11 is 0. The lowest BCUT2D eigenvalue weighted by molar-refractivity contribution is -0.145. The number of esters is 1. The molecule has 0 N–H and O–H groups in total. The number of benzene rings is 1. The third-order valence-electron chi connectivity index (χ3n) is 8.11. The fourth-order valence-electron chi connectivity index (χ4n) is 7.01. The van der Waals surface area contributed by atoms with Gasteiger partial charge in [-0.25, -0.2) is 4.79 Å². The Morgan fingerprint density at radius 3 is 2.03 bits per heavy atom. The zero-order valence-corrected chi connectivity index (χ0v) is 18.1. The number of Topliss-reactive ketones (excluding diaryl/α,β-unsaturated/α-hetero) is 1. The lowest BCUT2D eigenvalue weighted by atomic mass is 9.48. The Morgan fingerprint density at radius 1 is 0.933 bits per heavy atom. The van der Waals surface area contributed by atoms with E-state index in [4.69, 9.17) is 4.74 Å². The zero-order chi connectivity index (χ0) is 20.7. The largest absolute Gasteiger partial charge is 0.462 e. The van der Waals surface area contributed by atoms with Crippen LogP contribution in [0.4, 0.5) is 5.69 Å². The molecule has 5 fully saturated rings. The molecule has 0 unspecified atom stereocenters. The average Bonchev–Trinajstić information content (AvgIpc) is 2.74. The Labute approximate surface area is 179 Å². The van der Waals surface area contributed by atoms with Crippen LogP contribution in [0.2, 0.25) is 0 Å². The van der Waals surface area contributed by atoms with Crippen molar-refractivity contribution in [2.45, 2.75) is 45.4 Å². The molecule has 0 aromatic heterocycles. The molecule has 1 aromatic rings. The van der Waals surface area contributed by atoms with Crippen molar-refractivity contribution in [2.75, 3.05) is 44.2 Å². The van der Waals surface area contributed by atoms with Crippen LogP contribution in [0.5, 0.6) is 0 Å². The van der Waals surface area contributed by atoms with Gasteiger partial charge < -0.3 is 9.64 Å². The van der Waals surface area contributed by atoms with Gasteiger partial charge in [-0.1, -0.05) is 0 Å². The summed E-state index contributed by atoms with van der Waals surface area (Å²) in [5, 5.41) is 0. The van der Waals surface area contributed by atoms with E-state index in [9.17, 15) is 9.59 Å². The van der Waals surface area contributed by atoms with Gasteiger partial charge in [0.05, 0.1) is 18.7 Å². The van der Waals surface area contributed by atoms with Crippen LogP contribution < -0.4 is 4.90 Å². The van der Waals surface area contributed by atoms with Crippen molar-refractivity contribution in [3.63, 3.8) is 0 Å². The molecule has 162 valence electrons. The van der Waals surface area contributed by atoms with Crippen LogP contribution in [-0.4, -0.2) is 56.0 Å². The van der Waals surface area contributed by atoms with Gasteiger partial charge in [-0.05, 0) is 87.5 Å². The molecule has 0 spiro atoms. The number of piperazine rings is 1. The summed E-state index contributed by atoms with van der Waals surface area (Å²) in [5.74, 6) is 2.75. The van der Waals surface area contributed by atoms with Crippen molar-refractivity contribution in [2.24, 2.45) is 23.2 Å². The van der Waals surface area contributed by atoms with Gasteiger partial charge in [-0.2, -0.15) is 0 Å². The van der Waals surface area contributed by atoms with E-state index < -0.39 is 0 Å². The second-order valence-electron chi connectivity index (χ2n) is 10.2. The number of rotatable bonds is 6. The molecule has 4 aliphatic carbocycles. The Balaban J connectivity index is 1.15. The summed E-state index contributed by atoms with van der Waals surface area (Å²) in [4.78, 5) is 29.9. The Morgan fingerprint density at radius 2 is 1.50 bits per heavy atom. The van der Waals surface area contributed by atoms with Gasteiger partial charge >= 0.3 is 5.97 Å². The number of hydrogen-bond acceptors (Lipinski definition) is 5. The topological polar surface area (TPSA) is 49.9 Å². The van der Waals surface area contributed by atoms with Crippen LogP contribution >= 0.6 is 0 Å². The monoisotopic (exact) mass is 410 g/mol. The van der Waals surface area contributed by atoms with Crippen molar-refractivity contribution >= 4 is 17.4 Å². The average molecular weight is 411 g/mol. The van der Waals surface area contributed by atoms with E-state index in [0.29, 0.717) is 24.5 Å². The third kappa shape index (κ3) is 3.77. The van der Waals surface area contributed by atoms with Crippen LogP contribution in [0.3, 0.4) is 0 Å². The maximum atomic E-state index is 13.4. The van der Waals surface area contributed by atoms with Gasteiger partial charge in [0.1, 0.15) is 0 Å². The van der Waals surface area contributed by atoms with E-state index >= 15 is 0 Å². The number of hydrogen-bond donors (Lipinski definition) is 0. The quantitative estimate of drug-likeness (QED) is 0.668. The highest BCUT2D eigenvalue weighted by molar-refractivity contribution is 5.90. The zero-order valence-electron chi connectivity index (χ0n) is 18.1. The summed E-state index contributed by atoms with van der Waals surface area (Å²) < 4.78 is 5.06. The van der Waals surface area contributed by atoms with Crippen molar-refractivity contribution in [1.29, 1.82) is 0 Å². The van der Waals surface area contributed by atoms with E-state index in [0.717, 1.165) is 49.6 Å². The first kappa shape index (κ1) is 20.0. The highest BCUT2D eigenvalue weighted by atomic mass is 16.5. The SMILES string of the molecule is CCOC(=O)c1ccc(N2CCN(CC(=O)C34CC5CC(CC(C5)C3)C4)CC2)cc1. The molecule has 5 aliphatic rings. The summed E-state index contributed by atoms with van der Waals surface area (Å²) in [6.45, 7) is 6.56. The molecule has 1 saturated heterocycles. The van der Waals surface area contributed by atoms with E-state index in [1.54, 1.807) is 0 Å². The summed E-state index contributed by atoms with van der Waals surface area (Å²) in [7, 11) is 0. The Bertz CT molecular complexity index is 760. The number of anilines is 1. The van der Waals surface area contributed by atoms with Crippen LogP contribution in [0.15, 0.2) is 24.3 Å². The minimum atomic E-state index is -0.267. The molecule has 0 amide bonds. The lowest BCUT2D eigenvalue weighted by Crippen LogP contribution is -2.54. The van der Waals surface area contributed by atoms with Crippen LogP contribution in [0.1, 0.15) is 55.8 Å². The minimum Gasteiger partial charge on any atom is -0.462 e. The number of carbonyl (C=O) groups is 2. The molecule has 1 aromatic carbocycles. The summed E-state index contributed by atoms with van der Waals surface area (Å²) in [5.41, 5.74) is 1.75. The number of ether oxygens (including phenoxy) is 1. The van der Waals surface area contributed by atoms with E-state index in [2.05, 4.69) is 9.80 Å². The molecule has 1 heterocycles. The minimum absolute atomic E-state index is 0.0226. The molecule has 5 heteroatoms. The normalized spacial score (nSPS) is 33.0. The maximum absolute atomic E-state index is 13.4. The molecule has 1 aliphatic heterocycles. The van der Waals surface area contributed by atoms with Gasteiger partial charge in [0.15, 0.2) is 5.78 Å². The fourth-order valence-corrected chi connectivity index (χ4v) is 7.01. The lowest BCUT2D eigenvalue weighted by Gasteiger charge is -2.56. The van der Waals surface area contributed by atoms with Gasteiger partial charge in [-0.15, -0.1) is 0 Å². The highest BCUT2D eigenvalue weighted by Crippen LogP contribution is 2.60. The molecule has 30 heavy (non-hydrogen) atoms. The van der Waals surface area contributed by atoms with E-state index in [1.165, 1.54) is 38.5 Å². The van der Waals surface area contributed by atoms with E-state index in [-0.39, 0.29) is 11.4 Å². The first-order chi connectivity index (χ1) is 14.5. The van der Waals surface area contributed by atoms with Gasteiger partial charge in [0.25, 0.3) is 0 Å². The standard InChI is InChI=1S/C25H34N2O3/c1-2-30-24(29)21-3-5-22(6-4-21)27-9-7-26(8-10-27)17-23(28)25-14-18-11-19(15-25)13-20(12-18)16-25/h3-6,18-20H,2,7-17H2,1H3. The molecular weight excluding hydrogens is 376 g/mol. The molecule has 4 bridgehead atoms. The molecule has 0 radical (unpaired) electrons. The Kier molecular flexibility index (Phi) is 5.34. The fraction of sp³-hybridized carbons (Fsp3) is 0.680.